The van der Waals surface area contributed by atoms with Gasteiger partial charge in [-0.25, -0.2) is 0 Å². The van der Waals surface area contributed by atoms with E-state index in [1.165, 1.54) is 37.9 Å². The predicted octanol–water partition coefficient (Wildman–Crippen LogP) is 2.76. The van der Waals surface area contributed by atoms with Gasteiger partial charge in [-0.1, -0.05) is 30.3 Å². The van der Waals surface area contributed by atoms with E-state index in [9.17, 15) is 0 Å². The lowest BCUT2D eigenvalue weighted by molar-refractivity contribution is 0.157. The van der Waals surface area contributed by atoms with E-state index in [0.29, 0.717) is 12.0 Å². The minimum atomic E-state index is 0.379. The molecule has 2 fully saturated rings. The highest BCUT2D eigenvalue weighted by molar-refractivity contribution is 5.80. The molecule has 0 spiro atoms. The van der Waals surface area contributed by atoms with Gasteiger partial charge in [-0.05, 0) is 44.8 Å². The van der Waals surface area contributed by atoms with Crippen molar-refractivity contribution in [2.75, 3.05) is 53.0 Å². The van der Waals surface area contributed by atoms with Crippen molar-refractivity contribution in [3.05, 3.63) is 35.9 Å². The molecule has 2 heterocycles. The summed E-state index contributed by atoms with van der Waals surface area (Å²) in [5.74, 6) is 1.68. The van der Waals surface area contributed by atoms with Gasteiger partial charge in [-0.3, -0.25) is 9.89 Å². The van der Waals surface area contributed by atoms with E-state index in [2.05, 4.69) is 52.4 Å². The highest BCUT2D eigenvalue weighted by Gasteiger charge is 2.26. The maximum absolute atomic E-state index is 5.34. The average molecular weight is 359 g/mol. The third kappa shape index (κ3) is 4.98. The van der Waals surface area contributed by atoms with Gasteiger partial charge < -0.3 is 15.0 Å². The topological polar surface area (TPSA) is 40.1 Å². The summed E-state index contributed by atoms with van der Waals surface area (Å²) in [7, 11) is 1.79. The Morgan fingerprint density at radius 2 is 2.00 bits per heavy atom. The molecule has 2 unspecified atom stereocenters. The number of methoxy groups -OCH3 is 1. The molecule has 1 aromatic carbocycles. The van der Waals surface area contributed by atoms with Crippen LogP contribution in [0.5, 0.6) is 0 Å². The molecule has 0 bridgehead atoms. The van der Waals surface area contributed by atoms with Crippen molar-refractivity contribution in [2.24, 2.45) is 10.9 Å². The number of guanidine groups is 1. The first-order chi connectivity index (χ1) is 12.8. The van der Waals surface area contributed by atoms with E-state index in [4.69, 9.17) is 9.73 Å². The minimum Gasteiger partial charge on any atom is -0.384 e. The lowest BCUT2D eigenvalue weighted by Gasteiger charge is -2.28. The van der Waals surface area contributed by atoms with Crippen molar-refractivity contribution >= 4 is 5.96 Å². The Kier molecular flexibility index (Phi) is 7.32. The Bertz CT molecular complexity index is 556. The van der Waals surface area contributed by atoms with Crippen molar-refractivity contribution in [3.8, 4) is 0 Å². The van der Waals surface area contributed by atoms with Crippen molar-refractivity contribution in [2.45, 2.75) is 32.2 Å². The highest BCUT2D eigenvalue weighted by atomic mass is 16.5. The zero-order valence-electron chi connectivity index (χ0n) is 16.4. The summed E-state index contributed by atoms with van der Waals surface area (Å²) in [5, 5.41) is 3.50. The molecular formula is C21H34N4O. The van der Waals surface area contributed by atoms with Crippen molar-refractivity contribution in [3.63, 3.8) is 0 Å². The van der Waals surface area contributed by atoms with Gasteiger partial charge in [0.15, 0.2) is 5.96 Å². The summed E-state index contributed by atoms with van der Waals surface area (Å²) in [6.45, 7) is 9.20. The van der Waals surface area contributed by atoms with Crippen LogP contribution in [0.4, 0.5) is 0 Å². The van der Waals surface area contributed by atoms with Crippen molar-refractivity contribution < 1.29 is 4.74 Å². The van der Waals surface area contributed by atoms with Crippen LogP contribution in [0.3, 0.4) is 0 Å². The van der Waals surface area contributed by atoms with Crippen molar-refractivity contribution in [1.82, 2.24) is 15.1 Å². The molecule has 2 aliphatic rings. The number of nitrogens with one attached hydrogen (secondary N) is 1. The van der Waals surface area contributed by atoms with Crippen LogP contribution in [-0.4, -0.2) is 68.7 Å². The molecule has 1 aromatic rings. The summed E-state index contributed by atoms with van der Waals surface area (Å²) in [6, 6.07) is 11.3. The van der Waals surface area contributed by atoms with Crippen LogP contribution in [0, 0.1) is 5.92 Å². The minimum absolute atomic E-state index is 0.379. The van der Waals surface area contributed by atoms with Crippen LogP contribution in [0.25, 0.3) is 0 Å². The zero-order valence-corrected chi connectivity index (χ0v) is 16.4. The second-order valence-electron chi connectivity index (χ2n) is 7.42. The first-order valence-electron chi connectivity index (χ1n) is 10.1. The second-order valence-corrected chi connectivity index (χ2v) is 7.42. The number of hydrogen-bond donors (Lipinski definition) is 1. The molecule has 3 rings (SSSR count). The van der Waals surface area contributed by atoms with E-state index in [-0.39, 0.29) is 0 Å². The lowest BCUT2D eigenvalue weighted by atomic mass is 10.1. The first kappa shape index (κ1) is 19.2. The molecule has 144 valence electrons. The van der Waals surface area contributed by atoms with E-state index in [1.807, 2.05) is 0 Å². The first-order valence-corrected chi connectivity index (χ1v) is 10.1. The molecule has 5 heteroatoms. The van der Waals surface area contributed by atoms with Gasteiger partial charge in [0.1, 0.15) is 0 Å². The van der Waals surface area contributed by atoms with Crippen LogP contribution in [-0.2, 0) is 4.74 Å². The highest BCUT2D eigenvalue weighted by Crippen LogP contribution is 2.25. The number of likely N-dealkylation sites (tertiary alicyclic amines) is 2. The Morgan fingerprint density at radius 3 is 2.69 bits per heavy atom. The van der Waals surface area contributed by atoms with Crippen LogP contribution in [0.2, 0.25) is 0 Å². The number of hydrogen-bond acceptors (Lipinski definition) is 3. The molecule has 0 radical (unpaired) electrons. The summed E-state index contributed by atoms with van der Waals surface area (Å²) in [4.78, 5) is 10.1. The smallest absolute Gasteiger partial charge is 0.193 e. The molecule has 1 N–H and O–H groups in total. The molecule has 2 aliphatic heterocycles. The Labute approximate surface area is 158 Å². The SMILES string of the molecule is CCNC(=NCC(c1ccccc1)N1CCCC1)N1CCC(COC)C1. The molecule has 0 saturated carbocycles. The van der Waals surface area contributed by atoms with Gasteiger partial charge in [-0.2, -0.15) is 0 Å². The largest absolute Gasteiger partial charge is 0.384 e. The maximum atomic E-state index is 5.34. The van der Waals surface area contributed by atoms with E-state index < -0.39 is 0 Å². The summed E-state index contributed by atoms with van der Waals surface area (Å²) < 4.78 is 5.34. The monoisotopic (exact) mass is 358 g/mol. The zero-order chi connectivity index (χ0) is 18.2. The normalized spacial score (nSPS) is 22.8. The van der Waals surface area contributed by atoms with Gasteiger partial charge in [0.05, 0.1) is 19.2 Å². The standard InChI is InChI=1S/C21H34N4O/c1-3-22-21(25-14-11-18(16-25)17-26-2)23-15-20(24-12-7-8-13-24)19-9-5-4-6-10-19/h4-6,9-10,18,20H,3,7-8,11-17H2,1-2H3,(H,22,23). The van der Waals surface area contributed by atoms with Gasteiger partial charge in [0.25, 0.3) is 0 Å². The van der Waals surface area contributed by atoms with E-state index in [0.717, 1.165) is 38.7 Å². The van der Waals surface area contributed by atoms with Gasteiger partial charge in [0.2, 0.25) is 0 Å². The maximum Gasteiger partial charge on any atom is 0.193 e. The number of rotatable bonds is 7. The summed E-state index contributed by atoms with van der Waals surface area (Å²) >= 11 is 0. The quantitative estimate of drug-likeness (QED) is 0.601. The Morgan fingerprint density at radius 1 is 1.23 bits per heavy atom. The van der Waals surface area contributed by atoms with Crippen LogP contribution in [0.15, 0.2) is 35.3 Å². The number of benzene rings is 1. The van der Waals surface area contributed by atoms with Crippen molar-refractivity contribution in [1.29, 1.82) is 0 Å². The molecule has 0 amide bonds. The van der Waals surface area contributed by atoms with Gasteiger partial charge in [0, 0.05) is 32.7 Å². The summed E-state index contributed by atoms with van der Waals surface area (Å²) in [6.07, 6.45) is 3.79. The molecule has 2 atom stereocenters. The number of aliphatic imine (C=N–C) groups is 1. The van der Waals surface area contributed by atoms with E-state index >= 15 is 0 Å². The predicted molar refractivity (Wildman–Crippen MR) is 108 cm³/mol. The van der Waals surface area contributed by atoms with Crippen LogP contribution < -0.4 is 5.32 Å². The molecule has 26 heavy (non-hydrogen) atoms. The fourth-order valence-corrected chi connectivity index (χ4v) is 4.16. The molecule has 5 nitrogen and oxygen atoms in total. The molecule has 0 aromatic heterocycles. The third-order valence-corrected chi connectivity index (χ3v) is 5.50. The fraction of sp³-hybridized carbons (Fsp3) is 0.667. The number of ether oxygens (including phenoxy) is 1. The summed E-state index contributed by atoms with van der Waals surface area (Å²) in [5.41, 5.74) is 1.38. The number of nitrogens with zero attached hydrogens (tertiary/aromatic N) is 3. The van der Waals surface area contributed by atoms with E-state index in [1.54, 1.807) is 7.11 Å². The average Bonchev–Trinajstić information content (AvgIpc) is 3.35. The molecular weight excluding hydrogens is 324 g/mol. The second kappa shape index (κ2) is 9.93. The van der Waals surface area contributed by atoms with Gasteiger partial charge >= 0.3 is 0 Å². The molecule has 2 saturated heterocycles. The Hall–Kier alpha value is -1.59. The molecule has 0 aliphatic carbocycles. The van der Waals surface area contributed by atoms with Crippen LogP contribution in [0.1, 0.15) is 37.8 Å². The Balaban J connectivity index is 1.71. The lowest BCUT2D eigenvalue weighted by Crippen LogP contribution is -2.41. The van der Waals surface area contributed by atoms with Crippen LogP contribution >= 0.6 is 0 Å². The van der Waals surface area contributed by atoms with Gasteiger partial charge in [-0.15, -0.1) is 0 Å². The third-order valence-electron chi connectivity index (χ3n) is 5.50. The fourth-order valence-electron chi connectivity index (χ4n) is 4.16.